The molecule has 0 saturated heterocycles. The van der Waals surface area contributed by atoms with Gasteiger partial charge in [-0.05, 0) is 59.5 Å². The van der Waals surface area contributed by atoms with Gasteiger partial charge in [0.15, 0.2) is 0 Å². The summed E-state index contributed by atoms with van der Waals surface area (Å²) in [4.78, 5) is 14.0. The molecule has 0 aliphatic heterocycles. The van der Waals surface area contributed by atoms with E-state index in [1.807, 2.05) is 25.2 Å². The van der Waals surface area contributed by atoms with Crippen molar-refractivity contribution in [3.8, 4) is 0 Å². The van der Waals surface area contributed by atoms with Crippen molar-refractivity contribution >= 4 is 44.4 Å². The van der Waals surface area contributed by atoms with Gasteiger partial charge in [0.05, 0.1) is 12.2 Å². The van der Waals surface area contributed by atoms with Crippen LogP contribution in [0.25, 0.3) is 0 Å². The molecule has 1 aliphatic carbocycles. The maximum Gasteiger partial charge on any atom is 0.254 e. The summed E-state index contributed by atoms with van der Waals surface area (Å²) >= 11 is 5.59. The van der Waals surface area contributed by atoms with Gasteiger partial charge in [-0.25, -0.2) is 0 Å². The highest BCUT2D eigenvalue weighted by Crippen LogP contribution is 2.28. The van der Waals surface area contributed by atoms with Crippen LogP contribution in [0.15, 0.2) is 22.7 Å². The van der Waals surface area contributed by atoms with E-state index in [0.717, 1.165) is 26.1 Å². The molecule has 0 heterocycles. The molecular weight excluding hydrogens is 421 g/mol. The number of ether oxygens (including phenoxy) is 1. The van der Waals surface area contributed by atoms with Crippen molar-refractivity contribution in [2.75, 3.05) is 26.8 Å². The van der Waals surface area contributed by atoms with Crippen molar-refractivity contribution in [1.29, 1.82) is 0 Å². The molecular formula is C14H17BrINO2. The van der Waals surface area contributed by atoms with Crippen molar-refractivity contribution < 1.29 is 9.53 Å². The molecule has 1 aromatic rings. The SMILES string of the molecule is CN(CCOCC1CC1)C(=O)c1cc(Br)ccc1I. The minimum Gasteiger partial charge on any atom is -0.379 e. The molecule has 1 amide bonds. The molecule has 0 atom stereocenters. The van der Waals surface area contributed by atoms with Crippen molar-refractivity contribution in [3.63, 3.8) is 0 Å². The van der Waals surface area contributed by atoms with Crippen molar-refractivity contribution in [3.05, 3.63) is 31.8 Å². The summed E-state index contributed by atoms with van der Waals surface area (Å²) in [6.45, 7) is 2.09. The number of carbonyl (C=O) groups excluding carboxylic acids is 1. The fraction of sp³-hybridized carbons (Fsp3) is 0.500. The Morgan fingerprint density at radius 3 is 2.95 bits per heavy atom. The number of amides is 1. The quantitative estimate of drug-likeness (QED) is 0.503. The Hall–Kier alpha value is -0.140. The van der Waals surface area contributed by atoms with E-state index >= 15 is 0 Å². The first kappa shape index (κ1) is 15.3. The third-order valence-corrected chi connectivity index (χ3v) is 4.56. The molecule has 19 heavy (non-hydrogen) atoms. The van der Waals surface area contributed by atoms with Gasteiger partial charge in [-0.3, -0.25) is 4.79 Å². The molecule has 0 bridgehead atoms. The highest BCUT2D eigenvalue weighted by molar-refractivity contribution is 14.1. The average Bonchev–Trinajstić information content (AvgIpc) is 3.20. The summed E-state index contributed by atoms with van der Waals surface area (Å²) in [5.74, 6) is 0.813. The maximum atomic E-state index is 12.3. The Morgan fingerprint density at radius 2 is 2.26 bits per heavy atom. The first-order valence-electron chi connectivity index (χ1n) is 6.36. The van der Waals surface area contributed by atoms with E-state index in [2.05, 4.69) is 38.5 Å². The summed E-state index contributed by atoms with van der Waals surface area (Å²) in [6, 6.07) is 5.75. The Morgan fingerprint density at radius 1 is 1.53 bits per heavy atom. The molecule has 5 heteroatoms. The van der Waals surface area contributed by atoms with Gasteiger partial charge in [0.25, 0.3) is 5.91 Å². The first-order valence-corrected chi connectivity index (χ1v) is 8.23. The van der Waals surface area contributed by atoms with Crippen molar-refractivity contribution in [2.24, 2.45) is 5.92 Å². The van der Waals surface area contributed by atoms with Crippen LogP contribution in [0.1, 0.15) is 23.2 Å². The fourth-order valence-corrected chi connectivity index (χ4v) is 2.63. The lowest BCUT2D eigenvalue weighted by atomic mass is 10.2. The zero-order valence-corrected chi connectivity index (χ0v) is 14.6. The third-order valence-electron chi connectivity index (χ3n) is 3.13. The summed E-state index contributed by atoms with van der Waals surface area (Å²) in [5, 5.41) is 0. The molecule has 0 spiro atoms. The Balaban J connectivity index is 1.84. The Labute approximate surface area is 136 Å². The molecule has 104 valence electrons. The molecule has 0 N–H and O–H groups in total. The lowest BCUT2D eigenvalue weighted by Gasteiger charge is -2.18. The zero-order chi connectivity index (χ0) is 13.8. The largest absolute Gasteiger partial charge is 0.379 e. The average molecular weight is 438 g/mol. The molecule has 0 aromatic heterocycles. The van der Waals surface area contributed by atoms with Crippen LogP contribution in [-0.2, 0) is 4.74 Å². The molecule has 1 aromatic carbocycles. The van der Waals surface area contributed by atoms with Crippen LogP contribution in [0.4, 0.5) is 0 Å². The van der Waals surface area contributed by atoms with E-state index in [1.54, 1.807) is 4.90 Å². The van der Waals surface area contributed by atoms with Crippen LogP contribution >= 0.6 is 38.5 Å². The number of likely N-dealkylation sites (N-methyl/N-ethyl adjacent to an activating group) is 1. The maximum absolute atomic E-state index is 12.3. The van der Waals surface area contributed by atoms with Crippen LogP contribution in [0.2, 0.25) is 0 Å². The van der Waals surface area contributed by atoms with E-state index in [0.29, 0.717) is 13.2 Å². The second-order valence-corrected chi connectivity index (χ2v) is 6.95. The van der Waals surface area contributed by atoms with Gasteiger partial charge in [0.2, 0.25) is 0 Å². The van der Waals surface area contributed by atoms with E-state index in [-0.39, 0.29) is 5.91 Å². The van der Waals surface area contributed by atoms with Crippen LogP contribution in [0.3, 0.4) is 0 Å². The molecule has 2 rings (SSSR count). The normalized spacial score (nSPS) is 14.5. The second-order valence-electron chi connectivity index (χ2n) is 4.87. The first-order chi connectivity index (χ1) is 9.08. The fourth-order valence-electron chi connectivity index (χ4n) is 1.70. The number of hydrogen-bond acceptors (Lipinski definition) is 2. The highest BCUT2D eigenvalue weighted by atomic mass is 127. The van der Waals surface area contributed by atoms with Gasteiger partial charge in [0.1, 0.15) is 0 Å². The summed E-state index contributed by atoms with van der Waals surface area (Å²) in [7, 11) is 1.82. The standard InChI is InChI=1S/C14H17BrINO2/c1-17(6-7-19-9-10-2-3-10)14(18)12-8-11(15)4-5-13(12)16/h4-5,8,10H,2-3,6-7,9H2,1H3. The van der Waals surface area contributed by atoms with E-state index in [1.165, 1.54) is 12.8 Å². The van der Waals surface area contributed by atoms with Gasteiger partial charge in [0, 0.05) is 28.2 Å². The van der Waals surface area contributed by atoms with E-state index in [9.17, 15) is 4.79 Å². The number of rotatable bonds is 6. The number of benzene rings is 1. The molecule has 1 aliphatic rings. The summed E-state index contributed by atoms with van der Waals surface area (Å²) in [6.07, 6.45) is 2.59. The molecule has 1 fully saturated rings. The van der Waals surface area contributed by atoms with E-state index < -0.39 is 0 Å². The lowest BCUT2D eigenvalue weighted by Crippen LogP contribution is -2.30. The van der Waals surface area contributed by atoms with Crippen LogP contribution in [0.5, 0.6) is 0 Å². The topological polar surface area (TPSA) is 29.5 Å². The van der Waals surface area contributed by atoms with Crippen LogP contribution in [0, 0.1) is 9.49 Å². The Bertz CT molecular complexity index is 463. The smallest absolute Gasteiger partial charge is 0.254 e. The van der Waals surface area contributed by atoms with Crippen molar-refractivity contribution in [2.45, 2.75) is 12.8 Å². The predicted octanol–water partition coefficient (Wildman–Crippen LogP) is 3.55. The molecule has 3 nitrogen and oxygen atoms in total. The number of carbonyl (C=O) groups is 1. The molecule has 0 radical (unpaired) electrons. The Kier molecular flexibility index (Phi) is 5.65. The van der Waals surface area contributed by atoms with E-state index in [4.69, 9.17) is 4.74 Å². The predicted molar refractivity (Wildman–Crippen MR) is 87.4 cm³/mol. The number of halogens is 2. The van der Waals surface area contributed by atoms with Gasteiger partial charge >= 0.3 is 0 Å². The van der Waals surface area contributed by atoms with Gasteiger partial charge in [-0.1, -0.05) is 15.9 Å². The minimum atomic E-state index is 0.0423. The molecule has 0 unspecified atom stereocenters. The van der Waals surface area contributed by atoms with Crippen LogP contribution in [-0.4, -0.2) is 37.6 Å². The zero-order valence-electron chi connectivity index (χ0n) is 10.9. The van der Waals surface area contributed by atoms with Crippen molar-refractivity contribution in [1.82, 2.24) is 4.90 Å². The summed E-state index contributed by atoms with van der Waals surface area (Å²) in [5.41, 5.74) is 0.736. The summed E-state index contributed by atoms with van der Waals surface area (Å²) < 4.78 is 7.46. The molecule has 1 saturated carbocycles. The lowest BCUT2D eigenvalue weighted by molar-refractivity contribution is 0.0680. The number of nitrogens with zero attached hydrogens (tertiary/aromatic N) is 1. The third kappa shape index (κ3) is 4.72. The van der Waals surface area contributed by atoms with Gasteiger partial charge in [-0.15, -0.1) is 0 Å². The minimum absolute atomic E-state index is 0.0423. The van der Waals surface area contributed by atoms with Gasteiger partial charge < -0.3 is 9.64 Å². The van der Waals surface area contributed by atoms with Crippen LogP contribution < -0.4 is 0 Å². The second kappa shape index (κ2) is 7.04. The number of hydrogen-bond donors (Lipinski definition) is 0. The van der Waals surface area contributed by atoms with Gasteiger partial charge in [-0.2, -0.15) is 0 Å². The highest BCUT2D eigenvalue weighted by Gasteiger charge is 2.21. The monoisotopic (exact) mass is 437 g/mol.